The maximum Gasteiger partial charge on any atom is 0.269 e. The second-order valence-electron chi connectivity index (χ2n) is 5.78. The lowest BCUT2D eigenvalue weighted by Crippen LogP contribution is -2.33. The molecule has 2 aromatic rings. The first-order valence-corrected chi connectivity index (χ1v) is 9.85. The Hall–Kier alpha value is -2.33. The van der Waals surface area contributed by atoms with Crippen molar-refractivity contribution in [3.8, 4) is 0 Å². The number of benzene rings is 1. The SMILES string of the molecule is CC(C)c1nnc(NC(=O)CCN2C(=O)c3ccccc3S2(=O)=O)s1. The number of anilines is 1. The first-order chi connectivity index (χ1) is 11.8. The van der Waals surface area contributed by atoms with Gasteiger partial charge >= 0.3 is 0 Å². The van der Waals surface area contributed by atoms with Crippen molar-refractivity contribution in [2.24, 2.45) is 0 Å². The molecule has 0 saturated carbocycles. The number of nitrogens with zero attached hydrogens (tertiary/aromatic N) is 3. The number of nitrogens with one attached hydrogen (secondary N) is 1. The molecule has 0 saturated heterocycles. The average molecular weight is 380 g/mol. The second kappa shape index (κ2) is 6.52. The number of carbonyl (C=O) groups is 2. The lowest BCUT2D eigenvalue weighted by molar-refractivity contribution is -0.116. The predicted molar refractivity (Wildman–Crippen MR) is 91.9 cm³/mol. The van der Waals surface area contributed by atoms with E-state index in [4.69, 9.17) is 0 Å². The molecule has 132 valence electrons. The summed E-state index contributed by atoms with van der Waals surface area (Å²) in [4.78, 5) is 24.3. The van der Waals surface area contributed by atoms with Crippen molar-refractivity contribution in [2.45, 2.75) is 31.1 Å². The minimum Gasteiger partial charge on any atom is -0.300 e. The molecule has 1 aliphatic heterocycles. The zero-order valence-corrected chi connectivity index (χ0v) is 15.2. The van der Waals surface area contributed by atoms with Crippen molar-refractivity contribution in [3.05, 3.63) is 34.8 Å². The van der Waals surface area contributed by atoms with Crippen LogP contribution < -0.4 is 5.32 Å². The van der Waals surface area contributed by atoms with Crippen LogP contribution in [0.4, 0.5) is 5.13 Å². The average Bonchev–Trinajstić information content (AvgIpc) is 3.09. The number of sulfonamides is 1. The fraction of sp³-hybridized carbons (Fsp3) is 0.333. The van der Waals surface area contributed by atoms with Crippen LogP contribution in [0, 0.1) is 0 Å². The Labute approximate surface area is 148 Å². The minimum absolute atomic E-state index is 0.0221. The third-order valence-corrected chi connectivity index (χ3v) is 6.61. The van der Waals surface area contributed by atoms with Gasteiger partial charge in [0.1, 0.15) is 9.90 Å². The van der Waals surface area contributed by atoms with Gasteiger partial charge in [-0.2, -0.15) is 0 Å². The number of fused-ring (bicyclic) bond motifs is 1. The molecule has 10 heteroatoms. The van der Waals surface area contributed by atoms with E-state index in [1.54, 1.807) is 12.1 Å². The van der Waals surface area contributed by atoms with Gasteiger partial charge in [0.25, 0.3) is 15.9 Å². The highest BCUT2D eigenvalue weighted by molar-refractivity contribution is 7.90. The fourth-order valence-corrected chi connectivity index (χ4v) is 4.69. The molecule has 1 aromatic heterocycles. The molecule has 1 aromatic carbocycles. The van der Waals surface area contributed by atoms with Gasteiger partial charge < -0.3 is 5.32 Å². The summed E-state index contributed by atoms with van der Waals surface area (Å²) in [5, 5.41) is 11.6. The minimum atomic E-state index is -3.89. The van der Waals surface area contributed by atoms with Crippen LogP contribution in [0.25, 0.3) is 0 Å². The van der Waals surface area contributed by atoms with E-state index in [0.29, 0.717) is 5.13 Å². The van der Waals surface area contributed by atoms with E-state index >= 15 is 0 Å². The summed E-state index contributed by atoms with van der Waals surface area (Å²) in [5.41, 5.74) is 0.133. The fourth-order valence-electron chi connectivity index (χ4n) is 2.36. The quantitative estimate of drug-likeness (QED) is 0.847. The third-order valence-electron chi connectivity index (χ3n) is 3.63. The molecule has 1 N–H and O–H groups in total. The highest BCUT2D eigenvalue weighted by atomic mass is 32.2. The number of rotatable bonds is 5. The lowest BCUT2D eigenvalue weighted by Gasteiger charge is -2.14. The molecule has 0 unspecified atom stereocenters. The number of amides is 2. The summed E-state index contributed by atoms with van der Waals surface area (Å²) in [5.74, 6) is -0.833. The highest BCUT2D eigenvalue weighted by Crippen LogP contribution is 2.30. The van der Waals surface area contributed by atoms with E-state index in [0.717, 1.165) is 9.31 Å². The van der Waals surface area contributed by atoms with Gasteiger partial charge in [0.05, 0.1) is 5.56 Å². The molecule has 0 aliphatic carbocycles. The predicted octanol–water partition coefficient (Wildman–Crippen LogP) is 1.83. The summed E-state index contributed by atoms with van der Waals surface area (Å²) < 4.78 is 25.5. The normalized spacial score (nSPS) is 15.5. The number of carbonyl (C=O) groups excluding carboxylic acids is 2. The zero-order chi connectivity index (χ0) is 18.2. The van der Waals surface area contributed by atoms with Crippen LogP contribution in [0.1, 0.15) is 41.6 Å². The monoisotopic (exact) mass is 380 g/mol. The Morgan fingerprint density at radius 3 is 2.64 bits per heavy atom. The van der Waals surface area contributed by atoms with Crippen molar-refractivity contribution in [3.63, 3.8) is 0 Å². The van der Waals surface area contributed by atoms with Crippen LogP contribution in [0.5, 0.6) is 0 Å². The van der Waals surface area contributed by atoms with Gasteiger partial charge in [0.2, 0.25) is 11.0 Å². The number of aromatic nitrogens is 2. The maximum atomic E-state index is 12.4. The van der Waals surface area contributed by atoms with E-state index in [1.165, 1.54) is 23.5 Å². The van der Waals surface area contributed by atoms with Gasteiger partial charge in [0.15, 0.2) is 0 Å². The van der Waals surface area contributed by atoms with Crippen molar-refractivity contribution in [1.29, 1.82) is 0 Å². The van der Waals surface area contributed by atoms with Crippen LogP contribution in [0.3, 0.4) is 0 Å². The van der Waals surface area contributed by atoms with E-state index in [-0.39, 0.29) is 29.3 Å². The zero-order valence-electron chi connectivity index (χ0n) is 13.6. The van der Waals surface area contributed by atoms with Gasteiger partial charge in [-0.3, -0.25) is 9.59 Å². The van der Waals surface area contributed by atoms with Gasteiger partial charge in [-0.25, -0.2) is 12.7 Å². The van der Waals surface area contributed by atoms with Crippen molar-refractivity contribution in [1.82, 2.24) is 14.5 Å². The lowest BCUT2D eigenvalue weighted by atomic mass is 10.2. The maximum absolute atomic E-state index is 12.4. The molecule has 25 heavy (non-hydrogen) atoms. The molecular formula is C15H16N4O4S2. The van der Waals surface area contributed by atoms with Crippen molar-refractivity contribution in [2.75, 3.05) is 11.9 Å². The van der Waals surface area contributed by atoms with E-state index in [2.05, 4.69) is 15.5 Å². The first-order valence-electron chi connectivity index (χ1n) is 7.60. The molecule has 0 radical (unpaired) electrons. The summed E-state index contributed by atoms with van der Waals surface area (Å²) in [6, 6.07) is 6.01. The van der Waals surface area contributed by atoms with Gasteiger partial charge in [-0.05, 0) is 12.1 Å². The van der Waals surface area contributed by atoms with Gasteiger partial charge in [0, 0.05) is 18.9 Å². The topological polar surface area (TPSA) is 109 Å². The largest absolute Gasteiger partial charge is 0.300 e. The molecule has 8 nitrogen and oxygen atoms in total. The van der Waals surface area contributed by atoms with E-state index in [1.807, 2.05) is 13.8 Å². The van der Waals surface area contributed by atoms with Crippen LogP contribution >= 0.6 is 11.3 Å². The second-order valence-corrected chi connectivity index (χ2v) is 8.62. The summed E-state index contributed by atoms with van der Waals surface area (Å²) >= 11 is 1.26. The highest BCUT2D eigenvalue weighted by Gasteiger charge is 2.40. The molecule has 1 aliphatic rings. The number of hydrogen-bond acceptors (Lipinski definition) is 7. The Kier molecular flexibility index (Phi) is 4.56. The summed E-state index contributed by atoms with van der Waals surface area (Å²) in [7, 11) is -3.89. The molecule has 0 fully saturated rings. The molecule has 3 rings (SSSR count). The Morgan fingerprint density at radius 2 is 2.00 bits per heavy atom. The molecular weight excluding hydrogens is 364 g/mol. The Bertz CT molecular complexity index is 937. The molecule has 0 spiro atoms. The smallest absolute Gasteiger partial charge is 0.269 e. The van der Waals surface area contributed by atoms with Gasteiger partial charge in [-0.15, -0.1) is 10.2 Å². The standard InChI is InChI=1S/C15H16N4O4S2/c1-9(2)13-17-18-15(24-13)16-12(20)7-8-19-14(21)10-5-3-4-6-11(10)25(19,22)23/h3-6,9H,7-8H2,1-2H3,(H,16,18,20). The Morgan fingerprint density at radius 1 is 1.28 bits per heavy atom. The number of hydrogen-bond donors (Lipinski definition) is 1. The summed E-state index contributed by atoms with van der Waals surface area (Å²) in [6.45, 7) is 3.71. The molecule has 2 heterocycles. The van der Waals surface area contributed by atoms with Crippen LogP contribution in [0.2, 0.25) is 0 Å². The van der Waals surface area contributed by atoms with Crippen molar-refractivity contribution < 1.29 is 18.0 Å². The van der Waals surface area contributed by atoms with E-state index < -0.39 is 21.8 Å². The molecule has 0 bridgehead atoms. The van der Waals surface area contributed by atoms with Crippen LogP contribution in [0.15, 0.2) is 29.2 Å². The van der Waals surface area contributed by atoms with E-state index in [9.17, 15) is 18.0 Å². The van der Waals surface area contributed by atoms with Gasteiger partial charge in [-0.1, -0.05) is 37.3 Å². The first kappa shape index (κ1) is 17.5. The molecule has 2 amide bonds. The molecule has 0 atom stereocenters. The summed E-state index contributed by atoms with van der Waals surface area (Å²) in [6.07, 6.45) is -0.157. The third kappa shape index (κ3) is 3.27. The van der Waals surface area contributed by atoms with Crippen LogP contribution in [-0.4, -0.2) is 41.3 Å². The van der Waals surface area contributed by atoms with Crippen molar-refractivity contribution >= 4 is 38.3 Å². The van der Waals surface area contributed by atoms with Crippen LogP contribution in [-0.2, 0) is 14.8 Å². The Balaban J connectivity index is 1.65.